The van der Waals surface area contributed by atoms with Gasteiger partial charge in [0.05, 0.1) is 0 Å². The van der Waals surface area contributed by atoms with E-state index in [-0.39, 0.29) is 5.41 Å². The van der Waals surface area contributed by atoms with E-state index < -0.39 is 7.12 Å². The van der Waals surface area contributed by atoms with Gasteiger partial charge in [0.1, 0.15) is 5.75 Å². The Bertz CT molecular complexity index is 346. The van der Waals surface area contributed by atoms with E-state index in [1.54, 1.807) is 24.3 Å². The summed E-state index contributed by atoms with van der Waals surface area (Å²) >= 11 is 0. The monoisotopic (exact) mass is 250 g/mol. The van der Waals surface area contributed by atoms with Gasteiger partial charge in [-0.2, -0.15) is 0 Å². The number of hydrogen-bond acceptors (Lipinski definition) is 3. The minimum atomic E-state index is -1.42. The van der Waals surface area contributed by atoms with Crippen molar-refractivity contribution in [3.05, 3.63) is 24.3 Å². The summed E-state index contributed by atoms with van der Waals surface area (Å²) in [5, 5.41) is 17.9. The quantitative estimate of drug-likeness (QED) is 0.790. The first-order valence-corrected chi connectivity index (χ1v) is 6.67. The molecule has 0 saturated heterocycles. The van der Waals surface area contributed by atoms with E-state index in [0.717, 1.165) is 5.75 Å². The molecule has 0 heterocycles. The lowest BCUT2D eigenvalue weighted by molar-refractivity contribution is 0.376. The molecule has 2 N–H and O–H groups in total. The summed E-state index contributed by atoms with van der Waals surface area (Å²) in [6.45, 7) is 8.75. The zero-order valence-electron chi connectivity index (χ0n) is 10.8. The highest BCUT2D eigenvalue weighted by molar-refractivity contribution is 6.58. The summed E-state index contributed by atoms with van der Waals surface area (Å²) < 4.78 is 5.69. The van der Waals surface area contributed by atoms with Gasteiger partial charge in [0.25, 0.3) is 0 Å². The maximum absolute atomic E-state index is 8.96. The van der Waals surface area contributed by atoms with Crippen LogP contribution in [0.5, 0.6) is 5.75 Å². The minimum absolute atomic E-state index is 0.236. The van der Waals surface area contributed by atoms with Gasteiger partial charge in [0, 0.05) is 0 Å². The molecular weight excluding hydrogens is 231 g/mol. The molecule has 0 spiro atoms. The van der Waals surface area contributed by atoms with E-state index in [4.69, 9.17) is 14.5 Å². The number of rotatable bonds is 4. The predicted octanol–water partition coefficient (Wildman–Crippen LogP) is 1.22. The van der Waals surface area contributed by atoms with Crippen LogP contribution in [0, 0.1) is 5.41 Å². The van der Waals surface area contributed by atoms with E-state index in [1.165, 1.54) is 0 Å². The summed E-state index contributed by atoms with van der Waals surface area (Å²) in [4.78, 5) is 0. The topological polar surface area (TPSA) is 49.7 Å². The molecule has 0 amide bonds. The fourth-order valence-electron chi connectivity index (χ4n) is 1.04. The van der Waals surface area contributed by atoms with E-state index in [2.05, 4.69) is 27.7 Å². The van der Waals surface area contributed by atoms with Crippen LogP contribution in [0.1, 0.15) is 27.7 Å². The lowest BCUT2D eigenvalue weighted by Crippen LogP contribution is -2.29. The second-order valence-electron chi connectivity index (χ2n) is 5.25. The highest BCUT2D eigenvalue weighted by Gasteiger charge is 2.22. The van der Waals surface area contributed by atoms with Crippen molar-refractivity contribution in [3.63, 3.8) is 0 Å². The van der Waals surface area contributed by atoms with Crippen molar-refractivity contribution in [1.29, 1.82) is 0 Å². The number of benzene rings is 1. The SMILES string of the molecule is CC([Si]Oc1ccc(B(O)O)cc1)C(C)(C)C. The smallest absolute Gasteiger partial charge is 0.488 e. The van der Waals surface area contributed by atoms with Crippen LogP contribution >= 0.6 is 0 Å². The fraction of sp³-hybridized carbons (Fsp3) is 0.500. The first kappa shape index (κ1) is 14.3. The Kier molecular flexibility index (Phi) is 4.80. The molecule has 0 aliphatic rings. The highest BCUT2D eigenvalue weighted by atomic mass is 28.2. The maximum Gasteiger partial charge on any atom is 0.488 e. The van der Waals surface area contributed by atoms with Gasteiger partial charge < -0.3 is 14.5 Å². The van der Waals surface area contributed by atoms with Crippen LogP contribution in [0.3, 0.4) is 0 Å². The Labute approximate surface area is 106 Å². The Morgan fingerprint density at radius 1 is 1.18 bits per heavy atom. The normalized spacial score (nSPS) is 13.3. The molecule has 3 nitrogen and oxygen atoms in total. The van der Waals surface area contributed by atoms with Gasteiger partial charge >= 0.3 is 16.9 Å². The second-order valence-corrected chi connectivity index (χ2v) is 6.56. The van der Waals surface area contributed by atoms with Gasteiger partial charge in [-0.3, -0.25) is 0 Å². The molecule has 1 aromatic rings. The molecule has 0 aliphatic carbocycles. The molecular formula is C12H19BO3Si. The Morgan fingerprint density at radius 3 is 2.12 bits per heavy atom. The van der Waals surface area contributed by atoms with Gasteiger partial charge in [-0.25, -0.2) is 0 Å². The molecule has 0 aromatic heterocycles. The lowest BCUT2D eigenvalue weighted by atomic mass is 9.80. The van der Waals surface area contributed by atoms with Crippen molar-refractivity contribution in [3.8, 4) is 5.75 Å². The molecule has 92 valence electrons. The van der Waals surface area contributed by atoms with Crippen LogP contribution in [0.4, 0.5) is 0 Å². The molecule has 1 unspecified atom stereocenters. The molecule has 1 atom stereocenters. The van der Waals surface area contributed by atoms with Crippen LogP contribution < -0.4 is 9.89 Å². The van der Waals surface area contributed by atoms with Crippen molar-refractivity contribution in [1.82, 2.24) is 0 Å². The van der Waals surface area contributed by atoms with Crippen LogP contribution in [-0.2, 0) is 0 Å². The van der Waals surface area contributed by atoms with Gasteiger partial charge in [0.2, 0.25) is 0 Å². The van der Waals surface area contributed by atoms with E-state index in [1.807, 2.05) is 0 Å². The molecule has 0 saturated carbocycles. The lowest BCUT2D eigenvalue weighted by Gasteiger charge is -2.25. The van der Waals surface area contributed by atoms with Crippen LogP contribution in [-0.4, -0.2) is 26.9 Å². The van der Waals surface area contributed by atoms with E-state index in [0.29, 0.717) is 20.8 Å². The third-order valence-electron chi connectivity index (χ3n) is 2.83. The van der Waals surface area contributed by atoms with Gasteiger partial charge in [-0.05, 0) is 28.6 Å². The van der Waals surface area contributed by atoms with Crippen molar-refractivity contribution in [2.24, 2.45) is 5.41 Å². The van der Waals surface area contributed by atoms with Crippen molar-refractivity contribution in [2.75, 3.05) is 0 Å². The van der Waals surface area contributed by atoms with Crippen LogP contribution in [0.25, 0.3) is 0 Å². The first-order valence-electron chi connectivity index (χ1n) is 5.69. The zero-order chi connectivity index (χ0) is 13.1. The summed E-state index contributed by atoms with van der Waals surface area (Å²) in [5.74, 6) is 0.767. The maximum atomic E-state index is 8.96. The molecule has 17 heavy (non-hydrogen) atoms. The van der Waals surface area contributed by atoms with Crippen LogP contribution in [0.2, 0.25) is 5.54 Å². The largest absolute Gasteiger partial charge is 0.541 e. The van der Waals surface area contributed by atoms with Gasteiger partial charge in [-0.15, -0.1) is 0 Å². The van der Waals surface area contributed by atoms with Gasteiger partial charge in [0.15, 0.2) is 0 Å². The highest BCUT2D eigenvalue weighted by Crippen LogP contribution is 2.29. The number of hydrogen-bond donors (Lipinski definition) is 2. The van der Waals surface area contributed by atoms with Crippen LogP contribution in [0.15, 0.2) is 24.3 Å². The fourth-order valence-corrected chi connectivity index (χ4v) is 1.84. The summed E-state index contributed by atoms with van der Waals surface area (Å²) in [5.41, 5.74) is 1.19. The first-order chi connectivity index (χ1) is 7.80. The molecule has 5 heteroatoms. The average Bonchev–Trinajstić information content (AvgIpc) is 2.25. The van der Waals surface area contributed by atoms with E-state index in [9.17, 15) is 0 Å². The van der Waals surface area contributed by atoms with Crippen molar-refractivity contribution >= 4 is 22.3 Å². The molecule has 1 rings (SSSR count). The zero-order valence-corrected chi connectivity index (χ0v) is 11.8. The minimum Gasteiger partial charge on any atom is -0.541 e. The van der Waals surface area contributed by atoms with Crippen molar-refractivity contribution < 1.29 is 14.5 Å². The third-order valence-corrected chi connectivity index (χ3v) is 4.40. The summed E-state index contributed by atoms with van der Waals surface area (Å²) in [6, 6.07) is 6.84. The Hall–Kier alpha value is -0.778. The standard InChI is InChI=1S/C12H19BO3Si/c1-9(12(2,3)4)17-16-11-7-5-10(6-8-11)13(14)15/h5-9,14-15H,1-4H3. The Morgan fingerprint density at radius 2 is 1.71 bits per heavy atom. The second kappa shape index (κ2) is 5.71. The summed E-state index contributed by atoms with van der Waals surface area (Å²) in [7, 11) is -1.02. The Balaban J connectivity index is 2.53. The molecule has 1 aromatic carbocycles. The summed E-state index contributed by atoms with van der Waals surface area (Å²) in [6.07, 6.45) is 0. The van der Waals surface area contributed by atoms with Gasteiger partial charge in [-0.1, -0.05) is 39.8 Å². The third kappa shape index (κ3) is 4.54. The molecule has 0 aliphatic heterocycles. The van der Waals surface area contributed by atoms with E-state index >= 15 is 0 Å². The molecule has 2 radical (unpaired) electrons. The van der Waals surface area contributed by atoms with Crippen molar-refractivity contribution in [2.45, 2.75) is 33.2 Å². The average molecular weight is 250 g/mol. The molecule has 0 bridgehead atoms. The molecule has 0 fully saturated rings. The predicted molar refractivity (Wildman–Crippen MR) is 71.5 cm³/mol.